The standard InChI is InChI=1S/C21H21NO.4C18H15P.C12H14O.C9H11N.C9H11.C3H3ClO.ClH.FH.H2IP.Mg.Pd/c1-14-10-15(6-7-21(14)23-2)11-18-8-9-22-20-13-17-5-3-4-16(17)12-19(18)20;4*1-4-10-16(11-5-1)19(17-12-6-2-7-13-17)18-14-8-3-9-15-18;1-4-12(13)8-11-6-5-9(2)10(3)7-11;10-9-5-4-7-2-1-3-8(7)6-9;1-7-4-5-8(2)9(3)6-7;1-2-3(4)5;;;1-2;;/h6-10,12-13H,3-5,11H2,1-2H3;4*1-15H;4-7H,1,8H2,2-3H3;4-6H,1-3,10H2;4-6H,1H2,2-3H3;2H,1H2;2*1H;2H2;;/q;;;;;;;-1;;;;;+2;/p-1. The zero-order valence-electron chi connectivity index (χ0n) is 81.5. The number of hydrogen-bond acceptors (Lipinski definition) is 5. The van der Waals surface area contributed by atoms with Gasteiger partial charge in [0.1, 0.15) is 5.75 Å². The van der Waals surface area contributed by atoms with Crippen LogP contribution in [0, 0.1) is 41.5 Å². The second kappa shape index (κ2) is 65.5. The van der Waals surface area contributed by atoms with Crippen LogP contribution in [0.3, 0.4) is 0 Å². The second-order valence-corrected chi connectivity index (χ2v) is 42.1. The summed E-state index contributed by atoms with van der Waals surface area (Å²) in [6, 6.07) is 161. The largest absolute Gasteiger partial charge is 2.00 e. The zero-order valence-corrected chi connectivity index (χ0v) is 92.9. The van der Waals surface area contributed by atoms with Crippen molar-refractivity contribution in [3.63, 3.8) is 0 Å². The Labute approximate surface area is 905 Å². The second-order valence-electron chi connectivity index (χ2n) is 32.9. The number of pyridine rings is 1. The van der Waals surface area contributed by atoms with E-state index in [0.717, 1.165) is 40.6 Å². The van der Waals surface area contributed by atoms with Crippen LogP contribution in [0.25, 0.3) is 10.9 Å². The van der Waals surface area contributed by atoms with Crippen molar-refractivity contribution in [2.24, 2.45) is 0 Å². The normalized spacial score (nSPS) is 10.7. The molecule has 18 aromatic rings. The van der Waals surface area contributed by atoms with E-state index in [-0.39, 0.29) is 66.4 Å². The van der Waals surface area contributed by atoms with Gasteiger partial charge >= 0.3 is 23.1 Å². The molecule has 720 valence electrons. The summed E-state index contributed by atoms with van der Waals surface area (Å²) in [4.78, 5) is 25.1. The Morgan fingerprint density at radius 2 is 0.655 bits per heavy atom. The van der Waals surface area contributed by atoms with Gasteiger partial charge in [-0.3, -0.25) is 19.3 Å². The molecule has 2 aliphatic rings. The Kier molecular flexibility index (Phi) is 54.5. The van der Waals surface area contributed by atoms with Crippen LogP contribution in [0.5, 0.6) is 5.75 Å². The van der Waals surface area contributed by atoms with Crippen LogP contribution in [-0.4, -0.2) is 46.2 Å². The number of allylic oxidation sites excluding steroid dienone is 2. The molecule has 1 atom stereocenters. The van der Waals surface area contributed by atoms with Crippen LogP contribution in [0.15, 0.2) is 486 Å². The number of methoxy groups -OCH3 is 1. The Balaban J connectivity index is 0.000000220. The summed E-state index contributed by atoms with van der Waals surface area (Å²) in [5.41, 5.74) is 24.8. The maximum absolute atomic E-state index is 11.1. The van der Waals surface area contributed by atoms with Crippen molar-refractivity contribution < 1.29 is 51.9 Å². The van der Waals surface area contributed by atoms with Gasteiger partial charge in [0.25, 0.3) is 0 Å². The number of halogens is 4. The van der Waals surface area contributed by atoms with Gasteiger partial charge in [-0.25, -0.2) is 0 Å². The zero-order chi connectivity index (χ0) is 97.4. The Hall–Kier alpha value is -10.7. The van der Waals surface area contributed by atoms with Crippen molar-refractivity contribution in [1.82, 2.24) is 4.98 Å². The number of nitrogens with zero attached hydrogens (tertiary/aromatic N) is 1. The topological polar surface area (TPSA) is 82.3 Å². The van der Waals surface area contributed by atoms with E-state index in [1.54, 1.807) is 7.11 Å². The van der Waals surface area contributed by atoms with Crippen LogP contribution in [0.1, 0.15) is 85.2 Å². The van der Waals surface area contributed by atoms with Gasteiger partial charge in [-0.1, -0.05) is 455 Å². The number of ketones is 1. The van der Waals surface area contributed by atoms with E-state index in [2.05, 4.69) is 519 Å². The number of hydrogen-bond donors (Lipinski definition) is 1. The minimum absolute atomic E-state index is 0. The quantitative estimate of drug-likeness (QED) is 0.0166. The van der Waals surface area contributed by atoms with E-state index in [0.29, 0.717) is 6.42 Å². The molecule has 0 radical (unpaired) electrons. The third kappa shape index (κ3) is 37.8. The summed E-state index contributed by atoms with van der Waals surface area (Å²) >= 11 is 6.77. The maximum Gasteiger partial charge on any atom is 2.00 e. The predicted octanol–water partition coefficient (Wildman–Crippen LogP) is 24.2. The number of anilines is 1. The molecule has 0 saturated carbocycles. The molecule has 142 heavy (non-hydrogen) atoms. The third-order valence-electron chi connectivity index (χ3n) is 23.1. The SMILES string of the molecule is C=CC(=O)Cc1ccc(C)c(C)c1.C=CC(=O)Cl.COc1ccc(Cc2ccnc3cc4c(cc23)CCC4)cc1C.F.Nc1ccc2c(c1)CCC2.PI.[CH2-]c1ccc(C)c(C)c1.[Cl-].[Mg+2].[Pd].c1ccc(P(c2ccccc2)c2ccccc2)cc1.c1ccc(P(c2ccccc2)c2ccccc2)cc1.c1ccc(P(c2ccccc2)c2ccccc2)cc1.c1ccc(P(c2ccccc2)c2ccccc2)cc1. The van der Waals surface area contributed by atoms with Gasteiger partial charge in [0.05, 0.1) is 12.6 Å². The van der Waals surface area contributed by atoms with Gasteiger partial charge in [-0.05, 0) is 284 Å². The summed E-state index contributed by atoms with van der Waals surface area (Å²) in [7, 11) is -0.0628. The van der Waals surface area contributed by atoms with Crippen molar-refractivity contribution in [1.29, 1.82) is 0 Å². The average molecular weight is 2220 g/mol. The minimum atomic E-state index is -0.509. The summed E-state index contributed by atoms with van der Waals surface area (Å²) in [5, 5.41) is 17.6. The van der Waals surface area contributed by atoms with Crippen molar-refractivity contribution in [3.05, 3.63) is 566 Å². The first-order valence-corrected chi connectivity index (χ1v) is 56.3. The van der Waals surface area contributed by atoms with Gasteiger partial charge in [0.15, 0.2) is 5.78 Å². The molecule has 1 aromatic heterocycles. The van der Waals surface area contributed by atoms with Crippen LogP contribution >= 0.6 is 72.2 Å². The number of nitrogen functional groups attached to an aromatic ring is 1. The summed E-state index contributed by atoms with van der Waals surface area (Å²) < 4.78 is 5.36. The van der Waals surface area contributed by atoms with Crippen molar-refractivity contribution >= 4 is 187 Å². The number of aromatic nitrogens is 1. The Bertz CT molecular complexity index is 5870. The summed E-state index contributed by atoms with van der Waals surface area (Å²) in [6.45, 7) is 23.2. The molecular weight excluding hydrogens is 2090 g/mol. The van der Waals surface area contributed by atoms with E-state index in [4.69, 9.17) is 22.1 Å². The van der Waals surface area contributed by atoms with E-state index in [9.17, 15) is 9.59 Å². The first-order valence-electron chi connectivity index (χ1n) is 46.4. The monoisotopic (exact) mass is 2210 g/mol. The fourth-order valence-electron chi connectivity index (χ4n) is 16.0. The first-order chi connectivity index (χ1) is 67.5. The van der Waals surface area contributed by atoms with Gasteiger partial charge in [0.2, 0.25) is 5.24 Å². The Morgan fingerprint density at radius 3 is 0.937 bits per heavy atom. The molecule has 16 heteroatoms. The first kappa shape index (κ1) is 118. The van der Waals surface area contributed by atoms with Crippen molar-refractivity contribution in [2.75, 3.05) is 12.8 Å². The summed E-state index contributed by atoms with van der Waals surface area (Å²) in [6.07, 6.45) is 13.2. The van der Waals surface area contributed by atoms with E-state index in [1.165, 1.54) is 175 Å². The molecule has 1 unspecified atom stereocenters. The number of nitrogens with two attached hydrogens (primary N) is 1. The van der Waals surface area contributed by atoms with Gasteiger partial charge < -0.3 is 22.9 Å². The molecule has 0 bridgehead atoms. The number of aryl methyl sites for hydroxylation is 9. The van der Waals surface area contributed by atoms with Gasteiger partial charge in [-0.15, -0.1) is 11.6 Å². The number of carbonyl (C=O) groups is 2. The molecule has 20 rings (SSSR count). The molecular formula is C126H123Cl2FIMgN2O3P5Pd. The fraction of sp³-hybridized carbons (Fsp3) is 0.111. The fourth-order valence-corrected chi connectivity index (χ4v) is 25.2. The number of ether oxygens (including phenoxy) is 1. The average Bonchev–Trinajstić information content (AvgIpc) is 1.54. The molecule has 17 aromatic carbocycles. The predicted molar refractivity (Wildman–Crippen MR) is 626 cm³/mol. The molecule has 0 saturated heterocycles. The van der Waals surface area contributed by atoms with E-state index >= 15 is 0 Å². The minimum Gasteiger partial charge on any atom is -1.00 e. The maximum atomic E-state index is 11.1. The smallest absolute Gasteiger partial charge is 1.00 e. The molecule has 0 spiro atoms. The number of carbonyl (C=O) groups excluding carboxylic acids is 2. The molecule has 1 heterocycles. The van der Waals surface area contributed by atoms with Crippen LogP contribution in [0.2, 0.25) is 0 Å². The van der Waals surface area contributed by atoms with E-state index < -0.39 is 36.9 Å². The molecule has 5 nitrogen and oxygen atoms in total. The third-order valence-corrected chi connectivity index (χ3v) is 33.0. The number of benzene rings is 17. The van der Waals surface area contributed by atoms with E-state index in [1.807, 2.05) is 30.5 Å². The van der Waals surface area contributed by atoms with Crippen LogP contribution < -0.4 is 86.5 Å². The Morgan fingerprint density at radius 1 is 0.373 bits per heavy atom. The summed E-state index contributed by atoms with van der Waals surface area (Å²) in [5.74, 6) is 1.02. The molecule has 0 aliphatic heterocycles. The molecule has 0 amide bonds. The van der Waals surface area contributed by atoms with Gasteiger partial charge in [0, 0.05) is 44.1 Å². The number of fused-ring (bicyclic) bond motifs is 3. The molecule has 2 aliphatic carbocycles. The van der Waals surface area contributed by atoms with Crippen LogP contribution in [0.4, 0.5) is 10.4 Å². The van der Waals surface area contributed by atoms with Gasteiger partial charge in [-0.2, -0.15) is 24.6 Å². The van der Waals surface area contributed by atoms with Crippen molar-refractivity contribution in [2.45, 2.75) is 86.0 Å². The van der Waals surface area contributed by atoms with Crippen molar-refractivity contribution in [3.8, 4) is 5.75 Å². The molecule has 2 N–H and O–H groups in total. The number of rotatable bonds is 19. The van der Waals surface area contributed by atoms with Crippen LogP contribution in [-0.2, 0) is 68.5 Å². The molecule has 0 fully saturated rings.